The van der Waals surface area contributed by atoms with Gasteiger partial charge in [0.25, 0.3) is 5.89 Å². The van der Waals surface area contributed by atoms with Gasteiger partial charge in [-0.2, -0.15) is 15.0 Å². The molecule has 5 aromatic rings. The number of anilines is 1. The topological polar surface area (TPSA) is 114 Å². The second-order valence-electron chi connectivity index (χ2n) is 14.6. The number of carbonyl (C=O) groups is 1. The number of fused-ring (bicyclic) bond motifs is 3. The van der Waals surface area contributed by atoms with Crippen molar-refractivity contribution in [2.75, 3.05) is 51.3 Å². The highest BCUT2D eigenvalue weighted by Crippen LogP contribution is 2.42. The Kier molecular flexibility index (Phi) is 8.30. The number of likely N-dealkylation sites (tertiary alicyclic amines) is 1. The third-order valence-corrected chi connectivity index (χ3v) is 11.2. The maximum atomic E-state index is 16.8. The molecule has 1 saturated carbocycles. The van der Waals surface area contributed by atoms with E-state index in [4.69, 9.17) is 25.8 Å². The molecule has 3 aromatic heterocycles. The molecule has 1 amide bonds. The lowest BCUT2D eigenvalue weighted by Crippen LogP contribution is -2.53. The van der Waals surface area contributed by atoms with Gasteiger partial charge in [0.2, 0.25) is 5.91 Å². The number of nitrogens with zero attached hydrogens (tertiary/aromatic N) is 8. The van der Waals surface area contributed by atoms with Gasteiger partial charge in [0.05, 0.1) is 10.9 Å². The van der Waals surface area contributed by atoms with Gasteiger partial charge in [0.1, 0.15) is 29.8 Å². The zero-order chi connectivity index (χ0) is 35.6. The van der Waals surface area contributed by atoms with Crippen molar-refractivity contribution < 1.29 is 22.8 Å². The van der Waals surface area contributed by atoms with Gasteiger partial charge in [-0.1, -0.05) is 47.1 Å². The molecule has 14 heteroatoms. The lowest BCUT2D eigenvalue weighted by atomic mass is 9.95. The number of halogens is 3. The van der Waals surface area contributed by atoms with Crippen LogP contribution >= 0.6 is 11.6 Å². The van der Waals surface area contributed by atoms with Gasteiger partial charge >= 0.3 is 6.01 Å². The first-order chi connectivity index (χ1) is 25.2. The monoisotopic (exact) mass is 726 g/mol. The Hall–Kier alpha value is -4.75. The Balaban J connectivity index is 0.985. The van der Waals surface area contributed by atoms with Crippen molar-refractivity contribution in [2.24, 2.45) is 5.92 Å². The average Bonchev–Trinajstić information content (AvgIpc) is 3.61. The van der Waals surface area contributed by atoms with E-state index in [9.17, 15) is 9.18 Å². The summed E-state index contributed by atoms with van der Waals surface area (Å²) in [5.74, 6) is 1.24. The van der Waals surface area contributed by atoms with Gasteiger partial charge in [0.15, 0.2) is 11.6 Å². The smallest absolute Gasteiger partial charge is 0.319 e. The Labute approximate surface area is 303 Å². The molecule has 0 unspecified atom stereocenters. The van der Waals surface area contributed by atoms with Gasteiger partial charge in [-0.3, -0.25) is 14.7 Å². The lowest BCUT2D eigenvalue weighted by Gasteiger charge is -2.40. The highest BCUT2D eigenvalue weighted by molar-refractivity contribution is 6.36. The Morgan fingerprint density at radius 2 is 1.98 bits per heavy atom. The number of amides is 1. The van der Waals surface area contributed by atoms with Crippen LogP contribution in [0.1, 0.15) is 49.7 Å². The Morgan fingerprint density at radius 1 is 1.15 bits per heavy atom. The first kappa shape index (κ1) is 33.1. The predicted molar refractivity (Wildman–Crippen MR) is 192 cm³/mol. The van der Waals surface area contributed by atoms with Crippen molar-refractivity contribution in [1.29, 1.82) is 0 Å². The van der Waals surface area contributed by atoms with E-state index in [-0.39, 0.29) is 35.7 Å². The molecular formula is C38H37ClF2N8O3. The normalized spacial score (nSPS) is 22.1. The van der Waals surface area contributed by atoms with Crippen molar-refractivity contribution in [1.82, 2.24) is 34.9 Å². The van der Waals surface area contributed by atoms with Gasteiger partial charge < -0.3 is 19.1 Å². The van der Waals surface area contributed by atoms with Crippen molar-refractivity contribution >= 4 is 51.1 Å². The van der Waals surface area contributed by atoms with Crippen LogP contribution in [0.15, 0.2) is 53.2 Å². The lowest BCUT2D eigenvalue weighted by molar-refractivity contribution is -0.131. The third-order valence-electron chi connectivity index (χ3n) is 10.9. The van der Waals surface area contributed by atoms with Crippen LogP contribution in [0, 0.1) is 11.7 Å². The van der Waals surface area contributed by atoms with E-state index in [0.29, 0.717) is 77.4 Å². The van der Waals surface area contributed by atoms with Gasteiger partial charge in [-0.05, 0) is 43.7 Å². The molecule has 11 nitrogen and oxygen atoms in total. The van der Waals surface area contributed by atoms with E-state index in [1.807, 2.05) is 36.2 Å². The molecule has 9 rings (SSSR count). The minimum absolute atomic E-state index is 0.0197. The molecule has 0 radical (unpaired) electrons. The molecular weight excluding hydrogens is 690 g/mol. The number of hydrogen-bond donors (Lipinski definition) is 0. The van der Waals surface area contributed by atoms with Crippen molar-refractivity contribution in [2.45, 2.75) is 49.7 Å². The quantitative estimate of drug-likeness (QED) is 0.149. The summed E-state index contributed by atoms with van der Waals surface area (Å²) >= 11 is 6.62. The summed E-state index contributed by atoms with van der Waals surface area (Å²) in [6.07, 6.45) is 8.01. The highest BCUT2D eigenvalue weighted by atomic mass is 35.5. The second kappa shape index (κ2) is 13.0. The summed E-state index contributed by atoms with van der Waals surface area (Å²) in [7, 11) is 1.88. The Morgan fingerprint density at radius 3 is 2.81 bits per heavy atom. The second-order valence-corrected chi connectivity index (χ2v) is 15.0. The highest BCUT2D eigenvalue weighted by Gasteiger charge is 2.49. The number of hydrogen-bond acceptors (Lipinski definition) is 10. The molecule has 0 N–H and O–H groups in total. The number of carbonyl (C=O) groups excluding carboxylic acids is 1. The number of ether oxygens (including phenoxy) is 1. The molecule has 268 valence electrons. The first-order valence-electron chi connectivity index (χ1n) is 17.8. The average molecular weight is 727 g/mol. The maximum absolute atomic E-state index is 16.8. The number of alkyl halides is 1. The fraction of sp³-hybridized carbons (Fsp3) is 0.421. The van der Waals surface area contributed by atoms with E-state index in [2.05, 4.69) is 25.0 Å². The molecule has 2 atom stereocenters. The SMILES string of the molecule is CN(CC1CN(C(=O)/C=C/c2nc(C3CC3)no2)C1)c1nc(OC[C@@]23CCCN2C[C@H](F)C3)nc2c(F)c(-c3cccc4cccc(Cl)c34)ncc12. The summed E-state index contributed by atoms with van der Waals surface area (Å²) in [5.41, 5.74) is 0.310. The van der Waals surface area contributed by atoms with E-state index >= 15 is 4.39 Å². The number of benzene rings is 2. The van der Waals surface area contributed by atoms with Crippen LogP contribution in [0.25, 0.3) is 39.0 Å². The predicted octanol–water partition coefficient (Wildman–Crippen LogP) is 6.46. The molecule has 0 spiro atoms. The molecule has 6 heterocycles. The minimum Gasteiger partial charge on any atom is -0.461 e. The zero-order valence-electron chi connectivity index (χ0n) is 28.6. The van der Waals surface area contributed by atoms with Crippen LogP contribution in [0.3, 0.4) is 0 Å². The summed E-state index contributed by atoms with van der Waals surface area (Å²) in [6.45, 7) is 3.04. The zero-order valence-corrected chi connectivity index (χ0v) is 29.4. The molecule has 1 aliphatic carbocycles. The number of pyridine rings is 1. The first-order valence-corrected chi connectivity index (χ1v) is 18.2. The van der Waals surface area contributed by atoms with Crippen LogP contribution in [-0.2, 0) is 4.79 Å². The summed E-state index contributed by atoms with van der Waals surface area (Å²) in [6, 6.07) is 11.1. The summed E-state index contributed by atoms with van der Waals surface area (Å²) in [5, 5.41) is 6.46. The van der Waals surface area contributed by atoms with Gasteiger partial charge in [-0.15, -0.1) is 0 Å². The standard InChI is InChI=1S/C38H37ClF2N8O3/c1-47(17-22-18-48(19-22)30(50)12-11-29-43-35(46-52-29)24-9-10-24)36-27-16-42-33(26-7-2-5-23-6-3-8-28(39)31(23)26)32(41)34(27)44-37(45-36)51-21-38-13-4-14-49(38)20-25(40)15-38/h2-3,5-8,11-12,16,22,24-25H,4,9-10,13-15,17-21H2,1H3/b12-11+/t25-,38+/m1/s1. The van der Waals surface area contributed by atoms with E-state index in [1.165, 1.54) is 6.08 Å². The molecule has 4 aliphatic rings. The Bertz CT molecular complexity index is 2220. The summed E-state index contributed by atoms with van der Waals surface area (Å²) in [4.78, 5) is 37.0. The van der Waals surface area contributed by atoms with Gasteiger partial charge in [0, 0.05) is 85.8 Å². The van der Waals surface area contributed by atoms with E-state index in [0.717, 1.165) is 37.6 Å². The third kappa shape index (κ3) is 6.03. The van der Waals surface area contributed by atoms with Gasteiger partial charge in [-0.25, -0.2) is 8.78 Å². The van der Waals surface area contributed by atoms with Crippen LogP contribution < -0.4 is 9.64 Å². The van der Waals surface area contributed by atoms with Crippen molar-refractivity contribution in [3.8, 4) is 17.3 Å². The van der Waals surface area contributed by atoms with Crippen molar-refractivity contribution in [3.05, 3.63) is 71.2 Å². The molecule has 3 aliphatic heterocycles. The molecule has 4 fully saturated rings. The number of rotatable bonds is 10. The number of aromatic nitrogens is 5. The minimum atomic E-state index is -0.912. The van der Waals surface area contributed by atoms with Crippen LogP contribution in [0.5, 0.6) is 6.01 Å². The van der Waals surface area contributed by atoms with Crippen molar-refractivity contribution in [3.63, 3.8) is 0 Å². The largest absolute Gasteiger partial charge is 0.461 e. The van der Waals surface area contributed by atoms with Crippen LogP contribution in [0.4, 0.5) is 14.6 Å². The molecule has 3 saturated heterocycles. The molecule has 2 aromatic carbocycles. The maximum Gasteiger partial charge on any atom is 0.319 e. The molecule has 0 bridgehead atoms. The molecule has 52 heavy (non-hydrogen) atoms. The fourth-order valence-electron chi connectivity index (χ4n) is 8.11. The van der Waals surface area contributed by atoms with Crippen LogP contribution in [-0.4, -0.2) is 98.9 Å². The van der Waals surface area contributed by atoms with E-state index < -0.39 is 17.5 Å². The van der Waals surface area contributed by atoms with E-state index in [1.54, 1.807) is 29.3 Å². The van der Waals surface area contributed by atoms with Crippen LogP contribution in [0.2, 0.25) is 5.02 Å². The summed E-state index contributed by atoms with van der Waals surface area (Å²) < 4.78 is 42.8. The fourth-order valence-corrected chi connectivity index (χ4v) is 8.40.